The zero-order valence-corrected chi connectivity index (χ0v) is 11.9. The Bertz CT molecular complexity index is 487. The lowest BCUT2D eigenvalue weighted by Crippen LogP contribution is -2.43. The highest BCUT2D eigenvalue weighted by Gasteiger charge is 2.15. The van der Waals surface area contributed by atoms with E-state index in [9.17, 15) is 8.42 Å². The number of nitrogens with zero attached hydrogens (tertiary/aromatic N) is 1. The van der Waals surface area contributed by atoms with E-state index in [2.05, 4.69) is 14.9 Å². The predicted molar refractivity (Wildman–Crippen MR) is 77.2 cm³/mol. The average molecular weight is 292 g/mol. The summed E-state index contributed by atoms with van der Waals surface area (Å²) in [5.41, 5.74) is 1.59. The molecule has 1 fully saturated rings. The van der Waals surface area contributed by atoms with Crippen LogP contribution in [0.1, 0.15) is 0 Å². The molecule has 0 atom stereocenters. The van der Waals surface area contributed by atoms with E-state index in [1.807, 2.05) is 18.2 Å². The van der Waals surface area contributed by atoms with Gasteiger partial charge in [0.1, 0.15) is 0 Å². The third-order valence-electron chi connectivity index (χ3n) is 2.66. The van der Waals surface area contributed by atoms with E-state index >= 15 is 0 Å². The van der Waals surface area contributed by atoms with Crippen molar-refractivity contribution < 1.29 is 8.42 Å². The van der Waals surface area contributed by atoms with Crippen LogP contribution in [0.5, 0.6) is 0 Å². The van der Waals surface area contributed by atoms with Crippen LogP contribution in [-0.2, 0) is 10.0 Å². The molecule has 18 heavy (non-hydrogen) atoms. The molecular formula is C11H18ClN3O2S. The molecule has 1 heterocycles. The van der Waals surface area contributed by atoms with E-state index in [1.165, 1.54) is 6.26 Å². The molecule has 0 aliphatic carbocycles. The molecule has 1 aliphatic rings. The molecule has 102 valence electrons. The van der Waals surface area contributed by atoms with Crippen molar-refractivity contribution in [1.82, 2.24) is 5.32 Å². The molecule has 0 spiro atoms. The fourth-order valence-corrected chi connectivity index (χ4v) is 2.51. The minimum absolute atomic E-state index is 0. The highest BCUT2D eigenvalue weighted by Crippen LogP contribution is 2.26. The summed E-state index contributed by atoms with van der Waals surface area (Å²) < 4.78 is 25.1. The molecule has 2 N–H and O–H groups in total. The maximum atomic E-state index is 11.3. The van der Waals surface area contributed by atoms with Crippen LogP contribution >= 0.6 is 12.4 Å². The van der Waals surface area contributed by atoms with Crippen molar-refractivity contribution in [2.75, 3.05) is 42.1 Å². The Labute approximate surface area is 114 Å². The Hall–Kier alpha value is -0.980. The largest absolute Gasteiger partial charge is 0.367 e. The van der Waals surface area contributed by atoms with E-state index in [4.69, 9.17) is 0 Å². The van der Waals surface area contributed by atoms with Gasteiger partial charge in [-0.3, -0.25) is 4.72 Å². The second-order valence-electron chi connectivity index (χ2n) is 4.13. The Balaban J connectivity index is 0.00000162. The lowest BCUT2D eigenvalue weighted by atomic mass is 10.2. The minimum atomic E-state index is -3.23. The number of sulfonamides is 1. The van der Waals surface area contributed by atoms with Gasteiger partial charge in [0.2, 0.25) is 10.0 Å². The molecule has 0 bridgehead atoms. The zero-order valence-electron chi connectivity index (χ0n) is 10.2. The number of nitrogens with one attached hydrogen (secondary N) is 2. The summed E-state index contributed by atoms with van der Waals surface area (Å²) in [4.78, 5) is 2.18. The topological polar surface area (TPSA) is 61.4 Å². The lowest BCUT2D eigenvalue weighted by Gasteiger charge is -2.31. The summed E-state index contributed by atoms with van der Waals surface area (Å²) in [6.45, 7) is 3.63. The van der Waals surface area contributed by atoms with E-state index < -0.39 is 10.0 Å². The molecule has 1 aromatic carbocycles. The van der Waals surface area contributed by atoms with Crippen molar-refractivity contribution in [1.29, 1.82) is 0 Å². The minimum Gasteiger partial charge on any atom is -0.367 e. The second-order valence-corrected chi connectivity index (χ2v) is 5.88. The first-order valence-electron chi connectivity index (χ1n) is 5.59. The quantitative estimate of drug-likeness (QED) is 0.868. The zero-order chi connectivity index (χ0) is 12.3. The molecule has 0 unspecified atom stereocenters. The summed E-state index contributed by atoms with van der Waals surface area (Å²) in [6.07, 6.45) is 1.17. The summed E-state index contributed by atoms with van der Waals surface area (Å²) >= 11 is 0. The fraction of sp³-hybridized carbons (Fsp3) is 0.455. The van der Waals surface area contributed by atoms with E-state index in [1.54, 1.807) is 6.07 Å². The highest BCUT2D eigenvalue weighted by molar-refractivity contribution is 7.92. The first kappa shape index (κ1) is 15.1. The van der Waals surface area contributed by atoms with Gasteiger partial charge in [-0.2, -0.15) is 0 Å². The molecular weight excluding hydrogens is 274 g/mol. The van der Waals surface area contributed by atoms with Gasteiger partial charge >= 0.3 is 0 Å². The van der Waals surface area contributed by atoms with Crippen molar-refractivity contribution in [3.8, 4) is 0 Å². The third-order valence-corrected chi connectivity index (χ3v) is 3.25. The van der Waals surface area contributed by atoms with Gasteiger partial charge < -0.3 is 10.2 Å². The molecule has 5 nitrogen and oxygen atoms in total. The molecule has 0 aromatic heterocycles. The highest BCUT2D eigenvalue weighted by atomic mass is 35.5. The number of para-hydroxylation sites is 2. The average Bonchev–Trinajstić information content (AvgIpc) is 2.29. The normalized spacial score (nSPS) is 15.9. The summed E-state index contributed by atoms with van der Waals surface area (Å²) in [5.74, 6) is 0. The first-order valence-corrected chi connectivity index (χ1v) is 7.48. The van der Waals surface area contributed by atoms with E-state index in [0.29, 0.717) is 5.69 Å². The van der Waals surface area contributed by atoms with Gasteiger partial charge in [0.25, 0.3) is 0 Å². The maximum absolute atomic E-state index is 11.3. The van der Waals surface area contributed by atoms with E-state index in [-0.39, 0.29) is 12.4 Å². The smallest absolute Gasteiger partial charge is 0.229 e. The van der Waals surface area contributed by atoms with Crippen molar-refractivity contribution in [3.63, 3.8) is 0 Å². The Kier molecular flexibility index (Phi) is 5.25. The molecule has 0 amide bonds. The van der Waals surface area contributed by atoms with Gasteiger partial charge in [0.05, 0.1) is 17.6 Å². The van der Waals surface area contributed by atoms with Crippen LogP contribution < -0.4 is 14.9 Å². The molecule has 0 saturated carbocycles. The second kappa shape index (κ2) is 6.26. The van der Waals surface area contributed by atoms with Crippen molar-refractivity contribution >= 4 is 33.8 Å². The van der Waals surface area contributed by atoms with Crippen LogP contribution in [0.3, 0.4) is 0 Å². The van der Waals surface area contributed by atoms with Crippen LogP contribution in [0.2, 0.25) is 0 Å². The van der Waals surface area contributed by atoms with Crippen molar-refractivity contribution in [2.24, 2.45) is 0 Å². The fourth-order valence-electron chi connectivity index (χ4n) is 1.94. The number of anilines is 2. The number of benzene rings is 1. The van der Waals surface area contributed by atoms with Gasteiger partial charge in [-0.05, 0) is 12.1 Å². The summed E-state index contributed by atoms with van der Waals surface area (Å²) in [6, 6.07) is 7.49. The number of hydrogen-bond donors (Lipinski definition) is 2. The van der Waals surface area contributed by atoms with E-state index in [0.717, 1.165) is 31.9 Å². The lowest BCUT2D eigenvalue weighted by molar-refractivity contribution is 0.589. The SMILES string of the molecule is CS(=O)(=O)Nc1ccccc1N1CCNCC1.Cl. The molecule has 1 aliphatic heterocycles. The van der Waals surface area contributed by atoms with Crippen LogP contribution in [-0.4, -0.2) is 40.9 Å². The number of halogens is 1. The summed E-state index contributed by atoms with van der Waals surface area (Å²) in [5, 5.41) is 3.27. The standard InChI is InChI=1S/C11H17N3O2S.ClH/c1-17(15,16)13-10-4-2-3-5-11(10)14-8-6-12-7-9-14;/h2-5,12-13H,6-9H2,1H3;1H. The van der Waals surface area contributed by atoms with Crippen LogP contribution in [0.15, 0.2) is 24.3 Å². The van der Waals surface area contributed by atoms with Gasteiger partial charge in [0.15, 0.2) is 0 Å². The molecule has 2 rings (SSSR count). The first-order chi connectivity index (χ1) is 8.06. The van der Waals surface area contributed by atoms with Crippen LogP contribution in [0, 0.1) is 0 Å². The van der Waals surface area contributed by atoms with Crippen LogP contribution in [0.25, 0.3) is 0 Å². The van der Waals surface area contributed by atoms with Gasteiger partial charge in [-0.15, -0.1) is 12.4 Å². The maximum Gasteiger partial charge on any atom is 0.229 e. The van der Waals surface area contributed by atoms with Gasteiger partial charge in [-0.1, -0.05) is 12.1 Å². The number of hydrogen-bond acceptors (Lipinski definition) is 4. The van der Waals surface area contributed by atoms with Crippen molar-refractivity contribution in [2.45, 2.75) is 0 Å². The number of rotatable bonds is 3. The Morgan fingerprint density at radius 3 is 2.44 bits per heavy atom. The molecule has 1 aromatic rings. The Morgan fingerprint density at radius 2 is 1.83 bits per heavy atom. The predicted octanol–water partition coefficient (Wildman–Crippen LogP) is 0.889. The van der Waals surface area contributed by atoms with Gasteiger partial charge in [0, 0.05) is 26.2 Å². The monoisotopic (exact) mass is 291 g/mol. The van der Waals surface area contributed by atoms with Gasteiger partial charge in [-0.25, -0.2) is 8.42 Å². The van der Waals surface area contributed by atoms with Crippen molar-refractivity contribution in [3.05, 3.63) is 24.3 Å². The molecule has 0 radical (unpaired) electrons. The third kappa shape index (κ3) is 4.04. The Morgan fingerprint density at radius 1 is 1.22 bits per heavy atom. The number of piperazine rings is 1. The molecule has 1 saturated heterocycles. The molecule has 7 heteroatoms. The van der Waals surface area contributed by atoms with Crippen LogP contribution in [0.4, 0.5) is 11.4 Å². The summed E-state index contributed by atoms with van der Waals surface area (Å²) in [7, 11) is -3.23.